The van der Waals surface area contributed by atoms with Gasteiger partial charge in [-0.05, 0) is 50.3 Å². The molecule has 1 aromatic carbocycles. The lowest BCUT2D eigenvalue weighted by Crippen LogP contribution is -2.48. The van der Waals surface area contributed by atoms with E-state index in [-0.39, 0.29) is 30.0 Å². The summed E-state index contributed by atoms with van der Waals surface area (Å²) in [6.45, 7) is 4.54. The molecule has 1 aromatic heterocycles. The minimum atomic E-state index is -0.303. The van der Waals surface area contributed by atoms with Gasteiger partial charge in [0, 0.05) is 55.1 Å². The van der Waals surface area contributed by atoms with Crippen LogP contribution in [-0.2, 0) is 17.8 Å². The summed E-state index contributed by atoms with van der Waals surface area (Å²) in [5.41, 5.74) is 2.19. The smallest absolute Gasteiger partial charge is 0.254 e. The Labute approximate surface area is 177 Å². The number of piperidine rings is 1. The molecule has 2 amide bonds. The van der Waals surface area contributed by atoms with Gasteiger partial charge in [0.2, 0.25) is 5.91 Å². The summed E-state index contributed by atoms with van der Waals surface area (Å²) in [6, 6.07) is 5.74. The van der Waals surface area contributed by atoms with E-state index in [0.717, 1.165) is 30.7 Å². The molecule has 7 nitrogen and oxygen atoms in total. The molecule has 160 valence electrons. The van der Waals surface area contributed by atoms with Crippen LogP contribution in [0.2, 0.25) is 0 Å². The van der Waals surface area contributed by atoms with E-state index >= 15 is 0 Å². The average Bonchev–Trinajstić information content (AvgIpc) is 3.29. The van der Waals surface area contributed by atoms with Crippen molar-refractivity contribution < 1.29 is 14.7 Å². The monoisotopic (exact) mass is 410 g/mol. The van der Waals surface area contributed by atoms with Crippen LogP contribution in [0.5, 0.6) is 0 Å². The van der Waals surface area contributed by atoms with E-state index in [0.29, 0.717) is 37.1 Å². The van der Waals surface area contributed by atoms with Crippen molar-refractivity contribution in [3.05, 3.63) is 47.5 Å². The fraction of sp³-hybridized carbons (Fsp3) is 0.522. The van der Waals surface area contributed by atoms with Crippen LogP contribution in [0.1, 0.15) is 60.8 Å². The number of hydrogen-bond acceptors (Lipinski definition) is 4. The largest absolute Gasteiger partial charge is 0.393 e. The van der Waals surface area contributed by atoms with Crippen LogP contribution in [0.25, 0.3) is 0 Å². The fourth-order valence-corrected chi connectivity index (χ4v) is 4.81. The third kappa shape index (κ3) is 4.12. The van der Waals surface area contributed by atoms with Crippen molar-refractivity contribution in [2.75, 3.05) is 5.32 Å². The predicted octanol–water partition coefficient (Wildman–Crippen LogP) is 2.91. The highest BCUT2D eigenvalue weighted by Gasteiger charge is 2.42. The van der Waals surface area contributed by atoms with Crippen molar-refractivity contribution in [3.8, 4) is 0 Å². The summed E-state index contributed by atoms with van der Waals surface area (Å²) in [5, 5.41) is 13.0. The third-order valence-electron chi connectivity index (χ3n) is 6.40. The van der Waals surface area contributed by atoms with Crippen molar-refractivity contribution >= 4 is 17.5 Å². The van der Waals surface area contributed by atoms with Gasteiger partial charge in [-0.1, -0.05) is 13.0 Å². The molecule has 2 N–H and O–H groups in total. The number of nitrogens with one attached hydrogen (secondary N) is 1. The number of benzene rings is 1. The number of aliphatic hydroxyl groups is 1. The number of aryl methyl sites for hydroxylation is 3. The number of carbonyl (C=O) groups is 2. The van der Waals surface area contributed by atoms with Gasteiger partial charge in [-0.2, -0.15) is 0 Å². The second-order valence-corrected chi connectivity index (χ2v) is 8.44. The zero-order chi connectivity index (χ0) is 21.3. The van der Waals surface area contributed by atoms with E-state index in [1.807, 2.05) is 41.6 Å². The average molecular weight is 411 g/mol. The first-order valence-corrected chi connectivity index (χ1v) is 10.9. The zero-order valence-corrected chi connectivity index (χ0v) is 17.7. The van der Waals surface area contributed by atoms with Crippen LogP contribution in [0.3, 0.4) is 0 Å². The van der Waals surface area contributed by atoms with Crippen molar-refractivity contribution in [2.45, 2.75) is 77.1 Å². The van der Waals surface area contributed by atoms with E-state index < -0.39 is 0 Å². The molecule has 30 heavy (non-hydrogen) atoms. The molecule has 2 saturated heterocycles. The Hall–Kier alpha value is -2.67. The van der Waals surface area contributed by atoms with Crippen molar-refractivity contribution in [3.63, 3.8) is 0 Å². The molecule has 0 radical (unpaired) electrons. The maximum Gasteiger partial charge on any atom is 0.254 e. The van der Waals surface area contributed by atoms with Crippen molar-refractivity contribution in [1.29, 1.82) is 0 Å². The summed E-state index contributed by atoms with van der Waals surface area (Å²) in [7, 11) is 0. The molecule has 2 aromatic rings. The Morgan fingerprint density at radius 2 is 1.97 bits per heavy atom. The van der Waals surface area contributed by atoms with Gasteiger partial charge in [0.1, 0.15) is 5.82 Å². The Kier molecular flexibility index (Phi) is 5.90. The topological polar surface area (TPSA) is 87.5 Å². The summed E-state index contributed by atoms with van der Waals surface area (Å²) in [6.07, 6.45) is 7.74. The molecular weight excluding hydrogens is 380 g/mol. The van der Waals surface area contributed by atoms with E-state index in [4.69, 9.17) is 0 Å². The second-order valence-electron chi connectivity index (χ2n) is 8.44. The molecule has 3 atom stereocenters. The van der Waals surface area contributed by atoms with E-state index in [2.05, 4.69) is 10.3 Å². The standard InChI is InChI=1S/C23H30N4O3/c1-3-21-24-9-11-26(21)10-8-22(29)25-20-12-16(5-4-15(20)2)23(30)27-17-6-7-18(27)14-19(28)13-17/h4-5,9,11-12,17-19,28H,3,6-8,10,13-14H2,1-2H3,(H,25,29)/t17-,18+,19?. The lowest BCUT2D eigenvalue weighted by molar-refractivity contribution is -0.116. The first kappa shape index (κ1) is 20.6. The minimum absolute atomic E-state index is 0.00379. The number of rotatable bonds is 6. The molecule has 2 aliphatic rings. The lowest BCUT2D eigenvalue weighted by atomic mass is 9.98. The van der Waals surface area contributed by atoms with Gasteiger partial charge in [0.05, 0.1) is 6.10 Å². The van der Waals surface area contributed by atoms with Crippen molar-refractivity contribution in [1.82, 2.24) is 14.5 Å². The maximum atomic E-state index is 13.2. The Balaban J connectivity index is 1.43. The highest BCUT2D eigenvalue weighted by Crippen LogP contribution is 2.37. The summed E-state index contributed by atoms with van der Waals surface area (Å²) in [5.74, 6) is 0.878. The SMILES string of the molecule is CCc1nccn1CCC(=O)Nc1cc(C(=O)N2[C@@H]3CC[C@H]2CC(O)C3)ccc1C. The number of nitrogens with zero attached hydrogens (tertiary/aromatic N) is 3. The van der Waals surface area contributed by atoms with Crippen LogP contribution in [0, 0.1) is 6.92 Å². The van der Waals surface area contributed by atoms with Gasteiger partial charge < -0.3 is 19.9 Å². The van der Waals surface area contributed by atoms with Crippen molar-refractivity contribution in [2.24, 2.45) is 0 Å². The maximum absolute atomic E-state index is 13.2. The Morgan fingerprint density at radius 3 is 2.67 bits per heavy atom. The van der Waals surface area contributed by atoms with Crippen LogP contribution in [-0.4, -0.2) is 49.6 Å². The van der Waals surface area contributed by atoms with Crippen LogP contribution in [0.4, 0.5) is 5.69 Å². The molecule has 0 aliphatic carbocycles. The molecular formula is C23H30N4O3. The highest BCUT2D eigenvalue weighted by atomic mass is 16.3. The fourth-order valence-electron chi connectivity index (χ4n) is 4.81. The predicted molar refractivity (Wildman–Crippen MR) is 114 cm³/mol. The van der Waals surface area contributed by atoms with Gasteiger partial charge in [0.25, 0.3) is 5.91 Å². The summed E-state index contributed by atoms with van der Waals surface area (Å²) in [4.78, 5) is 31.9. The van der Waals surface area contributed by atoms with Gasteiger partial charge in [-0.15, -0.1) is 0 Å². The number of hydrogen-bond donors (Lipinski definition) is 2. The Bertz CT molecular complexity index is 924. The lowest BCUT2D eigenvalue weighted by Gasteiger charge is -2.37. The zero-order valence-electron chi connectivity index (χ0n) is 17.7. The van der Waals surface area contributed by atoms with E-state index in [1.54, 1.807) is 12.3 Å². The molecule has 2 fully saturated rings. The molecule has 3 heterocycles. The normalized spacial score (nSPS) is 22.9. The second kappa shape index (κ2) is 8.60. The quantitative estimate of drug-likeness (QED) is 0.767. The van der Waals surface area contributed by atoms with E-state index in [9.17, 15) is 14.7 Å². The first-order valence-electron chi connectivity index (χ1n) is 10.9. The molecule has 1 unspecified atom stereocenters. The summed E-state index contributed by atoms with van der Waals surface area (Å²) >= 11 is 0. The highest BCUT2D eigenvalue weighted by molar-refractivity contribution is 5.98. The van der Waals surface area contributed by atoms with Crippen LogP contribution in [0.15, 0.2) is 30.6 Å². The first-order chi connectivity index (χ1) is 14.5. The van der Waals surface area contributed by atoms with Gasteiger partial charge in [0.15, 0.2) is 0 Å². The molecule has 0 spiro atoms. The number of anilines is 1. The number of aliphatic hydroxyl groups excluding tert-OH is 1. The van der Waals surface area contributed by atoms with E-state index in [1.165, 1.54) is 0 Å². The number of fused-ring (bicyclic) bond motifs is 2. The third-order valence-corrected chi connectivity index (χ3v) is 6.40. The van der Waals surface area contributed by atoms with Gasteiger partial charge in [-0.3, -0.25) is 9.59 Å². The van der Waals surface area contributed by atoms with Crippen LogP contribution >= 0.6 is 0 Å². The van der Waals surface area contributed by atoms with Crippen LogP contribution < -0.4 is 5.32 Å². The summed E-state index contributed by atoms with van der Waals surface area (Å²) < 4.78 is 1.99. The molecule has 2 bridgehead atoms. The number of aromatic nitrogens is 2. The number of amides is 2. The van der Waals surface area contributed by atoms with Gasteiger partial charge >= 0.3 is 0 Å². The van der Waals surface area contributed by atoms with Gasteiger partial charge in [-0.25, -0.2) is 4.98 Å². The molecule has 7 heteroatoms. The molecule has 2 aliphatic heterocycles. The number of carbonyl (C=O) groups excluding carboxylic acids is 2. The number of imidazole rings is 1. The minimum Gasteiger partial charge on any atom is -0.393 e. The molecule has 4 rings (SSSR count). The Morgan fingerprint density at radius 1 is 1.23 bits per heavy atom. The molecule has 0 saturated carbocycles.